The van der Waals surface area contributed by atoms with E-state index in [1.165, 1.54) is 23.3 Å². The summed E-state index contributed by atoms with van der Waals surface area (Å²) in [7, 11) is 1.64. The molecule has 0 fully saturated rings. The summed E-state index contributed by atoms with van der Waals surface area (Å²) >= 11 is 0. The molecule has 0 atom stereocenters. The number of anilines is 2. The van der Waals surface area contributed by atoms with Crippen LogP contribution >= 0.6 is 0 Å². The van der Waals surface area contributed by atoms with Gasteiger partial charge in [-0.25, -0.2) is 0 Å². The maximum Gasteiger partial charge on any atom is 0.276 e. The lowest BCUT2D eigenvalue weighted by Gasteiger charge is -2.02. The van der Waals surface area contributed by atoms with Crippen molar-refractivity contribution in [3.05, 3.63) is 24.4 Å². The number of nitrogens with two attached hydrogens (primary N) is 1. The van der Waals surface area contributed by atoms with Crippen molar-refractivity contribution < 1.29 is 9.32 Å². The molecule has 0 aromatic carbocycles. The van der Waals surface area contributed by atoms with E-state index < -0.39 is 0 Å². The molecule has 2 aromatic heterocycles. The molecule has 0 radical (unpaired) electrons. The largest absolute Gasteiger partial charge is 0.396 e. The number of nitrogen functional groups attached to an aromatic ring is 1. The number of aryl methyl sites for hydroxylation is 1. The number of nitrogens with one attached hydrogen (secondary N) is 1. The van der Waals surface area contributed by atoms with Crippen molar-refractivity contribution in [3.8, 4) is 0 Å². The van der Waals surface area contributed by atoms with Crippen molar-refractivity contribution in [2.75, 3.05) is 11.1 Å². The van der Waals surface area contributed by atoms with Gasteiger partial charge in [0.2, 0.25) is 0 Å². The van der Waals surface area contributed by atoms with Gasteiger partial charge in [0.25, 0.3) is 5.91 Å². The number of carbonyl (C=O) groups excluding carboxylic acids is 1. The summed E-state index contributed by atoms with van der Waals surface area (Å²) in [6.07, 6.45) is 4.14. The Hall–Kier alpha value is -2.31. The van der Waals surface area contributed by atoms with Crippen molar-refractivity contribution in [1.29, 1.82) is 0 Å². The van der Waals surface area contributed by atoms with Gasteiger partial charge in [-0.1, -0.05) is 5.16 Å². The minimum absolute atomic E-state index is 0.302. The first kappa shape index (κ1) is 9.25. The van der Waals surface area contributed by atoms with E-state index in [4.69, 9.17) is 5.73 Å². The highest BCUT2D eigenvalue weighted by Gasteiger charge is 2.15. The Morgan fingerprint density at radius 3 is 2.93 bits per heavy atom. The lowest BCUT2D eigenvalue weighted by molar-refractivity contribution is 0.101. The maximum atomic E-state index is 11.7. The van der Waals surface area contributed by atoms with E-state index in [2.05, 4.69) is 20.1 Å². The van der Waals surface area contributed by atoms with E-state index in [1.807, 2.05) is 0 Å². The van der Waals surface area contributed by atoms with Gasteiger partial charge < -0.3 is 15.6 Å². The van der Waals surface area contributed by atoms with Crippen molar-refractivity contribution in [1.82, 2.24) is 14.9 Å². The molecule has 7 nitrogen and oxygen atoms in total. The molecule has 0 bridgehead atoms. The molecule has 0 saturated carbocycles. The van der Waals surface area contributed by atoms with E-state index in [9.17, 15) is 4.79 Å². The van der Waals surface area contributed by atoms with Crippen LogP contribution in [0.4, 0.5) is 11.4 Å². The van der Waals surface area contributed by atoms with Gasteiger partial charge in [-0.2, -0.15) is 5.10 Å². The minimum atomic E-state index is -0.351. The van der Waals surface area contributed by atoms with Gasteiger partial charge in [-0.05, 0) is 0 Å². The predicted molar refractivity (Wildman–Crippen MR) is 52.1 cm³/mol. The van der Waals surface area contributed by atoms with Crippen molar-refractivity contribution in [2.24, 2.45) is 7.05 Å². The Labute approximate surface area is 84.8 Å². The highest BCUT2D eigenvalue weighted by Crippen LogP contribution is 2.12. The Morgan fingerprint density at radius 2 is 2.40 bits per heavy atom. The van der Waals surface area contributed by atoms with E-state index >= 15 is 0 Å². The van der Waals surface area contributed by atoms with Gasteiger partial charge in [0.1, 0.15) is 17.6 Å². The van der Waals surface area contributed by atoms with Crippen LogP contribution in [0.25, 0.3) is 0 Å². The van der Waals surface area contributed by atoms with Crippen LogP contribution in [0.3, 0.4) is 0 Å². The fraction of sp³-hybridized carbons (Fsp3) is 0.125. The summed E-state index contributed by atoms with van der Waals surface area (Å²) in [4.78, 5) is 11.7. The Balaban J connectivity index is 2.22. The SMILES string of the molecule is Cn1ncc(N)c1C(=O)Nc1cnoc1. The standard InChI is InChI=1S/C8H9N5O2/c1-13-7(6(9)3-10-13)8(14)12-5-2-11-15-4-5/h2-4H,9H2,1H3,(H,12,14). The molecule has 0 spiro atoms. The normalized spacial score (nSPS) is 10.2. The Morgan fingerprint density at radius 1 is 1.60 bits per heavy atom. The first-order chi connectivity index (χ1) is 7.18. The number of aromatic nitrogens is 3. The predicted octanol–water partition coefficient (Wildman–Crippen LogP) is 0.243. The number of carbonyl (C=O) groups is 1. The fourth-order valence-electron chi connectivity index (χ4n) is 1.19. The molecular formula is C8H9N5O2. The smallest absolute Gasteiger partial charge is 0.276 e. The first-order valence-electron chi connectivity index (χ1n) is 4.16. The average molecular weight is 207 g/mol. The molecule has 0 aliphatic heterocycles. The summed E-state index contributed by atoms with van der Waals surface area (Å²) < 4.78 is 5.98. The number of hydrogen-bond donors (Lipinski definition) is 2. The third-order valence-corrected chi connectivity index (χ3v) is 1.87. The van der Waals surface area contributed by atoms with Crippen molar-refractivity contribution in [3.63, 3.8) is 0 Å². The van der Waals surface area contributed by atoms with Gasteiger partial charge in [0.15, 0.2) is 0 Å². The summed E-state index contributed by atoms with van der Waals surface area (Å²) in [6, 6.07) is 0. The van der Waals surface area contributed by atoms with Gasteiger partial charge in [-0.3, -0.25) is 9.48 Å². The fourth-order valence-corrected chi connectivity index (χ4v) is 1.19. The molecule has 2 aromatic rings. The highest BCUT2D eigenvalue weighted by molar-refractivity contribution is 6.06. The molecule has 0 aliphatic rings. The van der Waals surface area contributed by atoms with Gasteiger partial charge in [0.05, 0.1) is 18.1 Å². The Bertz CT molecular complexity index is 454. The third-order valence-electron chi connectivity index (χ3n) is 1.87. The molecule has 1 amide bonds. The third kappa shape index (κ3) is 1.66. The molecule has 0 aliphatic carbocycles. The number of rotatable bonds is 2. The van der Waals surface area contributed by atoms with E-state index in [1.54, 1.807) is 7.05 Å². The van der Waals surface area contributed by atoms with Crippen molar-refractivity contribution >= 4 is 17.3 Å². The first-order valence-corrected chi connectivity index (χ1v) is 4.16. The monoisotopic (exact) mass is 207 g/mol. The quantitative estimate of drug-likeness (QED) is 0.735. The van der Waals surface area contributed by atoms with Gasteiger partial charge in [-0.15, -0.1) is 0 Å². The van der Waals surface area contributed by atoms with Crippen LogP contribution in [0.1, 0.15) is 10.5 Å². The molecule has 3 N–H and O–H groups in total. The Kier molecular flexibility index (Phi) is 2.13. The number of hydrogen-bond acceptors (Lipinski definition) is 5. The minimum Gasteiger partial charge on any atom is -0.396 e. The second-order valence-electron chi connectivity index (χ2n) is 2.94. The number of amides is 1. The number of nitrogens with zero attached hydrogens (tertiary/aromatic N) is 3. The van der Waals surface area contributed by atoms with Crippen LogP contribution in [-0.2, 0) is 7.05 Å². The molecule has 7 heteroatoms. The molecule has 2 rings (SSSR count). The van der Waals surface area contributed by atoms with Crippen LogP contribution in [0.2, 0.25) is 0 Å². The summed E-state index contributed by atoms with van der Waals surface area (Å²) in [6.45, 7) is 0. The molecular weight excluding hydrogens is 198 g/mol. The highest BCUT2D eigenvalue weighted by atomic mass is 16.5. The van der Waals surface area contributed by atoms with Crippen LogP contribution < -0.4 is 11.1 Å². The maximum absolute atomic E-state index is 11.7. The van der Waals surface area contributed by atoms with Crippen LogP contribution in [-0.4, -0.2) is 20.8 Å². The van der Waals surface area contributed by atoms with Gasteiger partial charge >= 0.3 is 0 Å². The second kappa shape index (κ2) is 3.45. The van der Waals surface area contributed by atoms with E-state index in [-0.39, 0.29) is 5.91 Å². The zero-order chi connectivity index (χ0) is 10.8. The summed E-state index contributed by atoms with van der Waals surface area (Å²) in [5.41, 5.74) is 6.69. The molecule has 2 heterocycles. The van der Waals surface area contributed by atoms with Crippen LogP contribution in [0.15, 0.2) is 23.2 Å². The lowest BCUT2D eigenvalue weighted by Crippen LogP contribution is -2.17. The van der Waals surface area contributed by atoms with Crippen molar-refractivity contribution in [2.45, 2.75) is 0 Å². The molecule has 0 saturated heterocycles. The average Bonchev–Trinajstić information content (AvgIpc) is 2.77. The van der Waals surface area contributed by atoms with E-state index in [0.717, 1.165) is 0 Å². The second-order valence-corrected chi connectivity index (χ2v) is 2.94. The van der Waals surface area contributed by atoms with E-state index in [0.29, 0.717) is 17.1 Å². The summed E-state index contributed by atoms with van der Waals surface area (Å²) in [5.74, 6) is -0.351. The summed E-state index contributed by atoms with van der Waals surface area (Å²) in [5, 5.41) is 9.89. The van der Waals surface area contributed by atoms with Gasteiger partial charge in [0, 0.05) is 7.05 Å². The van der Waals surface area contributed by atoms with Crippen LogP contribution in [0.5, 0.6) is 0 Å². The van der Waals surface area contributed by atoms with Crippen LogP contribution in [0, 0.1) is 0 Å². The molecule has 0 unspecified atom stereocenters. The zero-order valence-electron chi connectivity index (χ0n) is 7.97. The molecule has 78 valence electrons. The lowest BCUT2D eigenvalue weighted by atomic mass is 10.3. The topological polar surface area (TPSA) is 99.0 Å². The zero-order valence-corrected chi connectivity index (χ0v) is 7.97. The molecule has 15 heavy (non-hydrogen) atoms.